The molecule has 0 N–H and O–H groups in total. The Kier molecular flexibility index (Phi) is 1.68. The molecule has 2 heteroatoms. The van der Waals surface area contributed by atoms with Crippen LogP contribution in [0, 0.1) is 0 Å². The zero-order valence-electron chi connectivity index (χ0n) is 7.57. The van der Waals surface area contributed by atoms with Crippen LogP contribution in [0.3, 0.4) is 0 Å². The van der Waals surface area contributed by atoms with Crippen molar-refractivity contribution in [3.63, 3.8) is 0 Å². The molecule has 1 unspecified atom stereocenters. The molecule has 0 aromatic rings. The van der Waals surface area contributed by atoms with Gasteiger partial charge in [-0.05, 0) is 18.6 Å². The van der Waals surface area contributed by atoms with Crippen LogP contribution in [0.4, 0.5) is 0 Å². The van der Waals surface area contributed by atoms with Gasteiger partial charge in [0.05, 0.1) is 0 Å². The van der Waals surface area contributed by atoms with Crippen LogP contribution in [0.1, 0.15) is 13.3 Å². The monoisotopic (exact) mass is 162 g/mol. The Morgan fingerprint density at radius 2 is 2.25 bits per heavy atom. The molecule has 0 amide bonds. The summed E-state index contributed by atoms with van der Waals surface area (Å²) in [7, 11) is 2.11. The predicted octanol–water partition coefficient (Wildman–Crippen LogP) is 1.89. The van der Waals surface area contributed by atoms with E-state index in [1.807, 2.05) is 0 Å². The zero-order valence-corrected chi connectivity index (χ0v) is 7.57. The molecule has 2 nitrogen and oxygen atoms in total. The third-order valence-corrected chi connectivity index (χ3v) is 2.39. The first-order valence-corrected chi connectivity index (χ1v) is 4.39. The molecule has 0 spiro atoms. The van der Waals surface area contributed by atoms with Gasteiger partial charge in [-0.3, -0.25) is 0 Å². The lowest BCUT2D eigenvalue weighted by molar-refractivity contribution is 0.264. The molecule has 0 aromatic heterocycles. The SMILES string of the molecule is CCC1=CN(C)C2C=CC=CN12. The molecule has 2 aliphatic heterocycles. The Hall–Kier alpha value is -1.18. The van der Waals surface area contributed by atoms with Crippen LogP contribution in [0.25, 0.3) is 0 Å². The van der Waals surface area contributed by atoms with Crippen LogP contribution in [-0.2, 0) is 0 Å². The molecule has 0 fully saturated rings. The summed E-state index contributed by atoms with van der Waals surface area (Å²) in [5.74, 6) is 0. The number of rotatable bonds is 1. The number of fused-ring (bicyclic) bond motifs is 1. The maximum atomic E-state index is 2.31. The van der Waals surface area contributed by atoms with E-state index in [0.717, 1.165) is 6.42 Å². The van der Waals surface area contributed by atoms with Crippen molar-refractivity contribution in [2.75, 3.05) is 7.05 Å². The summed E-state index contributed by atoms with van der Waals surface area (Å²) in [5.41, 5.74) is 1.39. The van der Waals surface area contributed by atoms with Crippen LogP contribution < -0.4 is 0 Å². The van der Waals surface area contributed by atoms with E-state index in [0.29, 0.717) is 6.17 Å². The minimum Gasteiger partial charge on any atom is -0.355 e. The molecule has 0 saturated heterocycles. The molecule has 2 rings (SSSR count). The highest BCUT2D eigenvalue weighted by molar-refractivity contribution is 5.23. The number of hydrogen-bond donors (Lipinski definition) is 0. The van der Waals surface area contributed by atoms with Gasteiger partial charge in [0.25, 0.3) is 0 Å². The topological polar surface area (TPSA) is 6.48 Å². The van der Waals surface area contributed by atoms with Crippen LogP contribution in [0.15, 0.2) is 36.3 Å². The van der Waals surface area contributed by atoms with Gasteiger partial charge in [-0.25, -0.2) is 0 Å². The Morgan fingerprint density at radius 3 is 3.00 bits per heavy atom. The van der Waals surface area contributed by atoms with E-state index in [-0.39, 0.29) is 0 Å². The molecule has 0 aromatic carbocycles. The summed E-state index contributed by atoms with van der Waals surface area (Å²) in [6.45, 7) is 2.19. The van der Waals surface area contributed by atoms with Crippen molar-refractivity contribution in [1.29, 1.82) is 0 Å². The molecular formula is C10H14N2. The van der Waals surface area contributed by atoms with Gasteiger partial charge in [-0.2, -0.15) is 0 Å². The summed E-state index contributed by atoms with van der Waals surface area (Å²) < 4.78 is 0. The highest BCUT2D eigenvalue weighted by Crippen LogP contribution is 2.26. The third kappa shape index (κ3) is 0.951. The minimum atomic E-state index is 0.421. The average Bonchev–Trinajstić information content (AvgIpc) is 2.44. The number of hydrogen-bond acceptors (Lipinski definition) is 2. The quantitative estimate of drug-likeness (QED) is 0.581. The number of allylic oxidation sites excluding steroid dienone is 3. The van der Waals surface area contributed by atoms with Crippen molar-refractivity contribution in [3.8, 4) is 0 Å². The lowest BCUT2D eigenvalue weighted by Gasteiger charge is -2.28. The van der Waals surface area contributed by atoms with Gasteiger partial charge in [-0.15, -0.1) is 0 Å². The molecule has 64 valence electrons. The fraction of sp³-hybridized carbons (Fsp3) is 0.400. The summed E-state index contributed by atoms with van der Waals surface area (Å²) in [4.78, 5) is 4.54. The first kappa shape index (κ1) is 7.47. The Labute approximate surface area is 73.5 Å². The zero-order chi connectivity index (χ0) is 8.55. The van der Waals surface area contributed by atoms with Crippen molar-refractivity contribution in [1.82, 2.24) is 9.80 Å². The van der Waals surface area contributed by atoms with Crippen molar-refractivity contribution in [3.05, 3.63) is 36.3 Å². The lowest BCUT2D eigenvalue weighted by atomic mass is 10.2. The van der Waals surface area contributed by atoms with E-state index in [1.54, 1.807) is 0 Å². The van der Waals surface area contributed by atoms with E-state index in [1.165, 1.54) is 5.70 Å². The van der Waals surface area contributed by atoms with E-state index < -0.39 is 0 Å². The molecule has 0 saturated carbocycles. The van der Waals surface area contributed by atoms with Gasteiger partial charge in [-0.1, -0.05) is 13.0 Å². The first-order valence-electron chi connectivity index (χ1n) is 4.39. The van der Waals surface area contributed by atoms with E-state index in [9.17, 15) is 0 Å². The lowest BCUT2D eigenvalue weighted by Crippen LogP contribution is -2.33. The summed E-state index contributed by atoms with van der Waals surface area (Å²) in [6.07, 6.45) is 12.3. The largest absolute Gasteiger partial charge is 0.355 e. The van der Waals surface area contributed by atoms with Crippen LogP contribution in [-0.4, -0.2) is 23.0 Å². The number of likely N-dealkylation sites (N-methyl/N-ethyl adjacent to an activating group) is 1. The predicted molar refractivity (Wildman–Crippen MR) is 50.0 cm³/mol. The highest BCUT2D eigenvalue weighted by Gasteiger charge is 2.25. The fourth-order valence-electron chi connectivity index (χ4n) is 1.74. The first-order chi connectivity index (χ1) is 5.83. The van der Waals surface area contributed by atoms with Gasteiger partial charge < -0.3 is 9.80 Å². The van der Waals surface area contributed by atoms with Crippen molar-refractivity contribution in [2.24, 2.45) is 0 Å². The number of nitrogens with zero attached hydrogens (tertiary/aromatic N) is 2. The van der Waals surface area contributed by atoms with Gasteiger partial charge in [0.1, 0.15) is 6.17 Å². The normalized spacial score (nSPS) is 26.2. The minimum absolute atomic E-state index is 0.421. The summed E-state index contributed by atoms with van der Waals surface area (Å²) in [5, 5.41) is 0. The second-order valence-electron chi connectivity index (χ2n) is 3.19. The van der Waals surface area contributed by atoms with Gasteiger partial charge >= 0.3 is 0 Å². The fourth-order valence-corrected chi connectivity index (χ4v) is 1.74. The standard InChI is InChI=1S/C10H14N2/c1-3-9-8-11(2)10-6-4-5-7-12(9)10/h4-8,10H,3H2,1-2H3. The van der Waals surface area contributed by atoms with Crippen LogP contribution >= 0.6 is 0 Å². The second kappa shape index (κ2) is 2.70. The Balaban J connectivity index is 2.26. The molecule has 0 aliphatic carbocycles. The van der Waals surface area contributed by atoms with Crippen molar-refractivity contribution < 1.29 is 0 Å². The highest BCUT2D eigenvalue weighted by atomic mass is 15.4. The summed E-state index contributed by atoms with van der Waals surface area (Å²) >= 11 is 0. The maximum Gasteiger partial charge on any atom is 0.124 e. The van der Waals surface area contributed by atoms with Crippen molar-refractivity contribution in [2.45, 2.75) is 19.5 Å². The Bertz CT molecular complexity index is 263. The average molecular weight is 162 g/mol. The van der Waals surface area contributed by atoms with Gasteiger partial charge in [0, 0.05) is 25.1 Å². The van der Waals surface area contributed by atoms with Gasteiger partial charge in [0.2, 0.25) is 0 Å². The van der Waals surface area contributed by atoms with E-state index in [4.69, 9.17) is 0 Å². The molecule has 0 radical (unpaired) electrons. The molecule has 2 heterocycles. The van der Waals surface area contributed by atoms with Crippen molar-refractivity contribution >= 4 is 0 Å². The maximum absolute atomic E-state index is 2.31. The van der Waals surface area contributed by atoms with E-state index in [2.05, 4.69) is 54.4 Å². The molecular weight excluding hydrogens is 148 g/mol. The summed E-state index contributed by atoms with van der Waals surface area (Å²) in [6, 6.07) is 0. The Morgan fingerprint density at radius 1 is 1.42 bits per heavy atom. The molecule has 2 aliphatic rings. The van der Waals surface area contributed by atoms with Crippen LogP contribution in [0.5, 0.6) is 0 Å². The second-order valence-corrected chi connectivity index (χ2v) is 3.19. The smallest absolute Gasteiger partial charge is 0.124 e. The third-order valence-electron chi connectivity index (χ3n) is 2.39. The van der Waals surface area contributed by atoms with Crippen LogP contribution in [0.2, 0.25) is 0 Å². The van der Waals surface area contributed by atoms with E-state index >= 15 is 0 Å². The molecule has 0 bridgehead atoms. The molecule has 1 atom stereocenters. The molecule has 12 heavy (non-hydrogen) atoms. The van der Waals surface area contributed by atoms with Gasteiger partial charge in [0.15, 0.2) is 0 Å².